The van der Waals surface area contributed by atoms with E-state index >= 15 is 0 Å². The summed E-state index contributed by atoms with van der Waals surface area (Å²) in [5.41, 5.74) is 10.9. The molecular formula is C45H80N8O16. The van der Waals surface area contributed by atoms with Gasteiger partial charge in [0.05, 0.1) is 79.3 Å². The summed E-state index contributed by atoms with van der Waals surface area (Å²) >= 11 is 0. The molecule has 1 aromatic carbocycles. The minimum atomic E-state index is -1.04. The SMILES string of the molecule is CC(=O)O.CC(C)[C@H](NC(=O)CCOCCOCCOCCOCCOCCOCCN)C(=O)N[C@@H](CCCNC(N)=O)C(=O)Nc1ccc(COC(=O)N(C)CCN(C)C(=O)OC(C)(C)C)cc1. The fourth-order valence-electron chi connectivity index (χ4n) is 5.27. The molecule has 7 amide bonds. The van der Waals surface area contributed by atoms with Crippen molar-refractivity contribution in [2.24, 2.45) is 17.4 Å². The van der Waals surface area contributed by atoms with E-state index in [4.69, 9.17) is 59.3 Å². The first-order chi connectivity index (χ1) is 32.7. The van der Waals surface area contributed by atoms with Crippen LogP contribution < -0.4 is 32.7 Å². The summed E-state index contributed by atoms with van der Waals surface area (Å²) in [4.78, 5) is 87.5. The summed E-state index contributed by atoms with van der Waals surface area (Å²) in [6, 6.07) is 3.87. The number of nitrogens with two attached hydrogens (primary N) is 2. The molecule has 0 aliphatic rings. The van der Waals surface area contributed by atoms with Gasteiger partial charge in [-0.05, 0) is 57.2 Å². The Morgan fingerprint density at radius 1 is 0.696 bits per heavy atom. The monoisotopic (exact) mass is 989 g/mol. The molecular weight excluding hydrogens is 909 g/mol. The molecule has 2 atom stereocenters. The third-order valence-electron chi connectivity index (χ3n) is 8.83. The first-order valence-electron chi connectivity index (χ1n) is 22.9. The molecule has 0 aliphatic carbocycles. The summed E-state index contributed by atoms with van der Waals surface area (Å²) in [6.07, 6.45) is -0.644. The highest BCUT2D eigenvalue weighted by atomic mass is 16.6. The van der Waals surface area contributed by atoms with Gasteiger partial charge in [0.1, 0.15) is 24.3 Å². The lowest BCUT2D eigenvalue weighted by Crippen LogP contribution is -2.54. The van der Waals surface area contributed by atoms with E-state index in [9.17, 15) is 28.8 Å². The van der Waals surface area contributed by atoms with Gasteiger partial charge in [0.25, 0.3) is 5.97 Å². The number of primary amides is 1. The lowest BCUT2D eigenvalue weighted by atomic mass is 10.0. The number of amides is 7. The van der Waals surface area contributed by atoms with Gasteiger partial charge in [0.15, 0.2) is 0 Å². The molecule has 0 fully saturated rings. The van der Waals surface area contributed by atoms with Gasteiger partial charge in [-0.25, -0.2) is 14.4 Å². The van der Waals surface area contributed by atoms with E-state index in [1.807, 2.05) is 0 Å². The zero-order valence-corrected chi connectivity index (χ0v) is 41.8. The number of likely N-dealkylation sites (N-methyl/N-ethyl adjacent to an activating group) is 2. The fraction of sp³-hybridized carbons (Fsp3) is 0.711. The second-order valence-corrected chi connectivity index (χ2v) is 16.6. The molecule has 0 radical (unpaired) electrons. The van der Waals surface area contributed by atoms with Crippen LogP contribution in [0.3, 0.4) is 0 Å². The first kappa shape index (κ1) is 63.6. The van der Waals surface area contributed by atoms with Crippen LogP contribution in [0, 0.1) is 5.92 Å². The average Bonchev–Trinajstić information content (AvgIpc) is 3.27. The largest absolute Gasteiger partial charge is 0.481 e. The van der Waals surface area contributed by atoms with Crippen LogP contribution in [-0.4, -0.2) is 194 Å². The van der Waals surface area contributed by atoms with E-state index in [-0.39, 0.29) is 58.2 Å². The van der Waals surface area contributed by atoms with Crippen LogP contribution in [0.1, 0.15) is 66.4 Å². The number of rotatable bonds is 35. The minimum absolute atomic E-state index is 0.00520. The van der Waals surface area contributed by atoms with E-state index in [2.05, 4.69) is 21.3 Å². The van der Waals surface area contributed by atoms with E-state index in [1.54, 1.807) is 73.0 Å². The zero-order valence-electron chi connectivity index (χ0n) is 41.8. The molecule has 9 N–H and O–H groups in total. The standard InChI is InChI=1S/C43H76N8O14.C2H4O2/c1-32(2)37(49-36(52)14-19-58-21-23-60-25-27-62-29-30-63-28-26-61-24-22-59-20-15-44)39(54)48-35(9-8-16-46-40(45)55)38(53)47-34-12-10-33(11-13-34)31-64-41(56)50(6)17-18-51(7)42(57)65-43(3,4)5;1-2(3)4/h10-13,32,35,37H,8-9,14-31,44H2,1-7H3,(H,47,53)(H,48,54)(H,49,52)(H3,45,46,55);1H3,(H,3,4)/t35-,37-;/m0./s1. The molecule has 396 valence electrons. The summed E-state index contributed by atoms with van der Waals surface area (Å²) in [7, 11) is 3.13. The molecule has 24 heteroatoms. The lowest BCUT2D eigenvalue weighted by molar-refractivity contribution is -0.134. The smallest absolute Gasteiger partial charge is 0.410 e. The molecule has 24 nitrogen and oxygen atoms in total. The number of carbonyl (C=O) groups is 7. The number of nitrogens with one attached hydrogen (secondary N) is 4. The van der Waals surface area contributed by atoms with E-state index in [1.165, 1.54) is 9.80 Å². The van der Waals surface area contributed by atoms with Crippen LogP contribution in [0.5, 0.6) is 0 Å². The third-order valence-corrected chi connectivity index (χ3v) is 8.83. The van der Waals surface area contributed by atoms with Crippen molar-refractivity contribution in [3.05, 3.63) is 29.8 Å². The van der Waals surface area contributed by atoms with Crippen molar-refractivity contribution in [2.75, 3.05) is 125 Å². The van der Waals surface area contributed by atoms with Crippen LogP contribution in [0.2, 0.25) is 0 Å². The number of hydrogen-bond donors (Lipinski definition) is 7. The van der Waals surface area contributed by atoms with Gasteiger partial charge in [0.2, 0.25) is 17.7 Å². The number of urea groups is 1. The molecule has 0 unspecified atom stereocenters. The number of benzene rings is 1. The van der Waals surface area contributed by atoms with Crippen LogP contribution >= 0.6 is 0 Å². The number of anilines is 1. The maximum absolute atomic E-state index is 13.5. The number of carboxylic acids is 1. The number of aliphatic carboxylic acids is 1. The average molecular weight is 989 g/mol. The van der Waals surface area contributed by atoms with Crippen molar-refractivity contribution >= 4 is 47.6 Å². The summed E-state index contributed by atoms with van der Waals surface area (Å²) in [5.74, 6) is -2.66. The Morgan fingerprint density at radius 3 is 1.61 bits per heavy atom. The highest BCUT2D eigenvalue weighted by Gasteiger charge is 2.29. The third kappa shape index (κ3) is 36.3. The molecule has 1 rings (SSSR count). The second kappa shape index (κ2) is 38.5. The topological polar surface area (TPSA) is 320 Å². The van der Waals surface area contributed by atoms with Crippen LogP contribution in [0.4, 0.5) is 20.1 Å². The van der Waals surface area contributed by atoms with Gasteiger partial charge >= 0.3 is 18.2 Å². The molecule has 0 aromatic heterocycles. The lowest BCUT2D eigenvalue weighted by Gasteiger charge is -2.26. The number of carbonyl (C=O) groups excluding carboxylic acids is 6. The molecule has 1 aromatic rings. The predicted octanol–water partition coefficient (Wildman–Crippen LogP) is 1.67. The van der Waals surface area contributed by atoms with Gasteiger partial charge in [-0.3, -0.25) is 19.2 Å². The molecule has 0 saturated heterocycles. The van der Waals surface area contributed by atoms with Crippen molar-refractivity contribution in [2.45, 2.75) is 85.1 Å². The Bertz CT molecular complexity index is 1610. The first-order valence-corrected chi connectivity index (χ1v) is 22.9. The predicted molar refractivity (Wildman–Crippen MR) is 254 cm³/mol. The highest BCUT2D eigenvalue weighted by molar-refractivity contribution is 5.98. The quantitative estimate of drug-likeness (QED) is 0.0476. The van der Waals surface area contributed by atoms with Crippen molar-refractivity contribution < 1.29 is 76.6 Å². The number of ether oxygens (including phenoxy) is 8. The van der Waals surface area contributed by atoms with Crippen molar-refractivity contribution in [3.63, 3.8) is 0 Å². The molecule has 0 aliphatic heterocycles. The van der Waals surface area contributed by atoms with E-state index in [0.717, 1.165) is 6.92 Å². The van der Waals surface area contributed by atoms with Gasteiger partial charge < -0.3 is 85.5 Å². The Morgan fingerprint density at radius 2 is 1.16 bits per heavy atom. The normalized spacial score (nSPS) is 11.9. The van der Waals surface area contributed by atoms with Crippen molar-refractivity contribution in [3.8, 4) is 0 Å². The summed E-state index contributed by atoms with van der Waals surface area (Å²) in [5, 5.41) is 18.2. The molecule has 0 bridgehead atoms. The molecule has 0 heterocycles. The van der Waals surface area contributed by atoms with Crippen molar-refractivity contribution in [1.29, 1.82) is 0 Å². The Balaban J connectivity index is 0.0000111. The minimum Gasteiger partial charge on any atom is -0.481 e. The number of carboxylic acid groups (broad SMARTS) is 1. The maximum atomic E-state index is 13.5. The van der Waals surface area contributed by atoms with E-state index < -0.39 is 59.6 Å². The Labute approximate surface area is 406 Å². The summed E-state index contributed by atoms with van der Waals surface area (Å²) < 4.78 is 43.2. The van der Waals surface area contributed by atoms with Crippen LogP contribution in [0.25, 0.3) is 0 Å². The fourth-order valence-corrected chi connectivity index (χ4v) is 5.27. The molecule has 69 heavy (non-hydrogen) atoms. The highest BCUT2D eigenvalue weighted by Crippen LogP contribution is 2.14. The maximum Gasteiger partial charge on any atom is 0.410 e. The summed E-state index contributed by atoms with van der Waals surface area (Å²) in [6.45, 7) is 15.7. The number of nitrogens with zero attached hydrogens (tertiary/aromatic N) is 2. The van der Waals surface area contributed by atoms with Crippen LogP contribution in [0.15, 0.2) is 24.3 Å². The van der Waals surface area contributed by atoms with Gasteiger partial charge in [-0.15, -0.1) is 0 Å². The molecule has 0 spiro atoms. The van der Waals surface area contributed by atoms with E-state index in [0.29, 0.717) is 90.3 Å². The number of hydrogen-bond acceptors (Lipinski definition) is 16. The van der Waals surface area contributed by atoms with Crippen LogP contribution in [-0.2, 0) is 63.7 Å². The van der Waals surface area contributed by atoms with Gasteiger partial charge in [-0.2, -0.15) is 0 Å². The Kier molecular flexibility index (Phi) is 35.5. The zero-order chi connectivity index (χ0) is 52.0. The Hall–Kier alpha value is -5.37. The second-order valence-electron chi connectivity index (χ2n) is 16.6. The van der Waals surface area contributed by atoms with Crippen molar-refractivity contribution in [1.82, 2.24) is 25.8 Å². The molecule has 0 saturated carbocycles. The van der Waals surface area contributed by atoms with Gasteiger partial charge in [-0.1, -0.05) is 26.0 Å². The van der Waals surface area contributed by atoms with Gasteiger partial charge in [0, 0.05) is 59.3 Å².